The van der Waals surface area contributed by atoms with Crippen LogP contribution < -0.4 is 5.32 Å². The third kappa shape index (κ3) is 5.93. The van der Waals surface area contributed by atoms with Gasteiger partial charge in [0, 0.05) is 37.0 Å². The minimum Gasteiger partial charge on any atom is -0.462 e. The molecule has 168 valence electrons. The summed E-state index contributed by atoms with van der Waals surface area (Å²) in [6.07, 6.45) is 0.693. The number of nitrogens with zero attached hydrogens (tertiary/aromatic N) is 1. The summed E-state index contributed by atoms with van der Waals surface area (Å²) in [6, 6.07) is 6.10. The summed E-state index contributed by atoms with van der Waals surface area (Å²) in [7, 11) is 0. The van der Waals surface area contributed by atoms with Gasteiger partial charge < -0.3 is 14.8 Å². The second-order valence-corrected chi connectivity index (χ2v) is 9.07. The van der Waals surface area contributed by atoms with Crippen molar-refractivity contribution < 1.29 is 19.1 Å². The van der Waals surface area contributed by atoms with Crippen LogP contribution in [-0.2, 0) is 14.3 Å². The minimum absolute atomic E-state index is 0.106. The van der Waals surface area contributed by atoms with E-state index in [9.17, 15) is 9.59 Å². The van der Waals surface area contributed by atoms with Gasteiger partial charge in [0.1, 0.15) is 10.6 Å². The number of aryl methyl sites for hydroxylation is 2. The summed E-state index contributed by atoms with van der Waals surface area (Å²) in [5.41, 5.74) is 4.50. The lowest BCUT2D eigenvalue weighted by Crippen LogP contribution is -2.46. The van der Waals surface area contributed by atoms with Gasteiger partial charge in [-0.3, -0.25) is 9.69 Å². The van der Waals surface area contributed by atoms with Crippen LogP contribution in [-0.4, -0.2) is 55.2 Å². The Hall–Kier alpha value is -2.22. The average molecular weight is 445 g/mol. The van der Waals surface area contributed by atoms with E-state index in [1.165, 1.54) is 16.9 Å². The Morgan fingerprint density at radius 1 is 1.19 bits per heavy atom. The maximum Gasteiger partial charge on any atom is 0.341 e. The molecule has 1 aliphatic heterocycles. The molecule has 0 unspecified atom stereocenters. The molecule has 1 fully saturated rings. The first-order valence-electron chi connectivity index (χ1n) is 10.8. The van der Waals surface area contributed by atoms with Gasteiger partial charge in [-0.2, -0.15) is 0 Å². The third-order valence-electron chi connectivity index (χ3n) is 5.49. The summed E-state index contributed by atoms with van der Waals surface area (Å²) in [4.78, 5) is 27.7. The van der Waals surface area contributed by atoms with Gasteiger partial charge in [-0.1, -0.05) is 18.2 Å². The number of rotatable bonds is 7. The van der Waals surface area contributed by atoms with Crippen molar-refractivity contribution >= 4 is 28.2 Å². The molecule has 0 spiro atoms. The van der Waals surface area contributed by atoms with Gasteiger partial charge in [-0.15, -0.1) is 11.3 Å². The Labute approximate surface area is 188 Å². The number of carbonyl (C=O) groups is 2. The highest BCUT2D eigenvalue weighted by Gasteiger charge is 2.25. The van der Waals surface area contributed by atoms with Crippen LogP contribution in [0.25, 0.3) is 11.1 Å². The van der Waals surface area contributed by atoms with E-state index in [0.29, 0.717) is 23.5 Å². The molecular formula is C24H32N2O4S. The van der Waals surface area contributed by atoms with Crippen molar-refractivity contribution in [2.45, 2.75) is 53.2 Å². The lowest BCUT2D eigenvalue weighted by molar-refractivity contribution is -0.117. The molecule has 0 aliphatic carbocycles. The van der Waals surface area contributed by atoms with E-state index in [2.05, 4.69) is 23.2 Å². The highest BCUT2D eigenvalue weighted by molar-refractivity contribution is 7.15. The lowest BCUT2D eigenvalue weighted by atomic mass is 9.99. The molecular weight excluding hydrogens is 412 g/mol. The van der Waals surface area contributed by atoms with E-state index < -0.39 is 5.97 Å². The molecule has 1 amide bonds. The van der Waals surface area contributed by atoms with Crippen LogP contribution in [0, 0.1) is 13.8 Å². The number of ether oxygens (including phenoxy) is 2. The van der Waals surface area contributed by atoms with Crippen molar-refractivity contribution in [3.8, 4) is 11.1 Å². The fourth-order valence-electron chi connectivity index (χ4n) is 3.89. The summed E-state index contributed by atoms with van der Waals surface area (Å²) in [6.45, 7) is 12.6. The second kappa shape index (κ2) is 10.4. The number of amides is 1. The van der Waals surface area contributed by atoms with E-state index in [4.69, 9.17) is 9.47 Å². The SMILES string of the molecule is CCOC(=O)c1c(-c2ccc(C)c(C)c2)csc1NC(=O)CCN1C[C@@H](C)O[C@H](C)C1. The first-order valence-corrected chi connectivity index (χ1v) is 11.7. The summed E-state index contributed by atoms with van der Waals surface area (Å²) < 4.78 is 11.1. The summed E-state index contributed by atoms with van der Waals surface area (Å²) in [5.74, 6) is -0.519. The van der Waals surface area contributed by atoms with E-state index >= 15 is 0 Å². The predicted octanol–water partition coefficient (Wildman–Crippen LogP) is 4.65. The van der Waals surface area contributed by atoms with E-state index in [-0.39, 0.29) is 24.7 Å². The Morgan fingerprint density at radius 3 is 2.55 bits per heavy atom. The highest BCUT2D eigenvalue weighted by atomic mass is 32.1. The molecule has 6 nitrogen and oxygen atoms in total. The zero-order chi connectivity index (χ0) is 22.5. The lowest BCUT2D eigenvalue weighted by Gasteiger charge is -2.35. The highest BCUT2D eigenvalue weighted by Crippen LogP contribution is 2.37. The molecule has 0 saturated carbocycles. The molecule has 1 saturated heterocycles. The fraction of sp³-hybridized carbons (Fsp3) is 0.500. The van der Waals surface area contributed by atoms with Crippen LogP contribution in [0.3, 0.4) is 0 Å². The van der Waals surface area contributed by atoms with Crippen molar-refractivity contribution in [3.63, 3.8) is 0 Å². The van der Waals surface area contributed by atoms with E-state index in [1.807, 2.05) is 38.3 Å². The molecule has 1 aliphatic rings. The van der Waals surface area contributed by atoms with Crippen LogP contribution in [0.5, 0.6) is 0 Å². The maximum absolute atomic E-state index is 12.7. The number of nitrogens with one attached hydrogen (secondary N) is 1. The second-order valence-electron chi connectivity index (χ2n) is 8.19. The van der Waals surface area contributed by atoms with Gasteiger partial charge in [0.05, 0.1) is 18.8 Å². The van der Waals surface area contributed by atoms with Crippen molar-refractivity contribution in [2.75, 3.05) is 31.6 Å². The van der Waals surface area contributed by atoms with E-state index in [1.54, 1.807) is 6.92 Å². The van der Waals surface area contributed by atoms with Gasteiger partial charge in [-0.25, -0.2) is 4.79 Å². The molecule has 1 aromatic heterocycles. The van der Waals surface area contributed by atoms with E-state index in [0.717, 1.165) is 29.8 Å². The number of hydrogen-bond acceptors (Lipinski definition) is 6. The third-order valence-corrected chi connectivity index (χ3v) is 6.39. The van der Waals surface area contributed by atoms with Crippen LogP contribution in [0.2, 0.25) is 0 Å². The first kappa shape index (κ1) is 23.4. The van der Waals surface area contributed by atoms with Gasteiger partial charge in [0.2, 0.25) is 5.91 Å². The van der Waals surface area contributed by atoms with Crippen molar-refractivity contribution in [1.82, 2.24) is 4.90 Å². The van der Waals surface area contributed by atoms with Gasteiger partial charge in [-0.05, 0) is 51.3 Å². The quantitative estimate of drug-likeness (QED) is 0.630. The molecule has 2 heterocycles. The summed E-state index contributed by atoms with van der Waals surface area (Å²) >= 11 is 1.36. The number of carbonyl (C=O) groups excluding carboxylic acids is 2. The number of hydrogen-bond donors (Lipinski definition) is 1. The summed E-state index contributed by atoms with van der Waals surface area (Å²) in [5, 5.41) is 5.40. The molecule has 7 heteroatoms. The molecule has 31 heavy (non-hydrogen) atoms. The molecule has 2 aromatic rings. The largest absolute Gasteiger partial charge is 0.462 e. The van der Waals surface area contributed by atoms with Crippen LogP contribution in [0.4, 0.5) is 5.00 Å². The molecule has 0 bridgehead atoms. The first-order chi connectivity index (χ1) is 14.8. The number of anilines is 1. The normalized spacial score (nSPS) is 19.3. The topological polar surface area (TPSA) is 67.9 Å². The smallest absolute Gasteiger partial charge is 0.341 e. The molecule has 1 aromatic carbocycles. The standard InChI is InChI=1S/C24H32N2O4S/c1-6-29-24(28)22-20(19-8-7-15(2)16(3)11-19)14-31-23(22)25-21(27)9-10-26-12-17(4)30-18(5)13-26/h7-8,11,14,17-18H,6,9-10,12-13H2,1-5H3,(H,25,27)/t17-,18-/m1/s1. The van der Waals surface area contributed by atoms with Gasteiger partial charge in [0.15, 0.2) is 0 Å². The zero-order valence-electron chi connectivity index (χ0n) is 19.0. The Morgan fingerprint density at radius 2 is 1.90 bits per heavy atom. The predicted molar refractivity (Wildman–Crippen MR) is 125 cm³/mol. The average Bonchev–Trinajstić information content (AvgIpc) is 3.11. The monoisotopic (exact) mass is 444 g/mol. The molecule has 3 rings (SSSR count). The van der Waals surface area contributed by atoms with Crippen molar-refractivity contribution in [3.05, 3.63) is 40.3 Å². The van der Waals surface area contributed by atoms with Crippen LogP contribution in [0.15, 0.2) is 23.6 Å². The van der Waals surface area contributed by atoms with Gasteiger partial charge >= 0.3 is 5.97 Å². The Balaban J connectivity index is 1.75. The van der Waals surface area contributed by atoms with Gasteiger partial charge in [0.25, 0.3) is 0 Å². The Kier molecular flexibility index (Phi) is 7.86. The minimum atomic E-state index is -0.414. The van der Waals surface area contributed by atoms with Crippen molar-refractivity contribution in [2.24, 2.45) is 0 Å². The van der Waals surface area contributed by atoms with Crippen LogP contribution >= 0.6 is 11.3 Å². The number of thiophene rings is 1. The van der Waals surface area contributed by atoms with Crippen LogP contribution in [0.1, 0.15) is 48.7 Å². The Bertz CT molecular complexity index is 930. The number of esters is 1. The fourth-order valence-corrected chi connectivity index (χ4v) is 4.87. The number of benzene rings is 1. The molecule has 1 N–H and O–H groups in total. The number of morpholine rings is 1. The molecule has 2 atom stereocenters. The van der Waals surface area contributed by atoms with Crippen molar-refractivity contribution in [1.29, 1.82) is 0 Å². The zero-order valence-corrected chi connectivity index (χ0v) is 19.8. The molecule has 0 radical (unpaired) electrons. The maximum atomic E-state index is 12.7.